The highest BCUT2D eigenvalue weighted by Gasteiger charge is 2.20. The third kappa shape index (κ3) is 4.82. The highest BCUT2D eigenvalue weighted by molar-refractivity contribution is 6.08. The molecule has 3 aromatic carbocycles. The van der Waals surface area contributed by atoms with Crippen LogP contribution in [0.25, 0.3) is 11.4 Å². The number of carbonyl (C=O) groups excluding carboxylic acids is 1. The van der Waals surface area contributed by atoms with Gasteiger partial charge < -0.3 is 23.9 Å². The molecule has 7 nitrogen and oxygen atoms in total. The number of imidazole rings is 1. The van der Waals surface area contributed by atoms with Crippen molar-refractivity contribution >= 4 is 5.78 Å². The SMILES string of the molecule is COc1cc(C(=O)c2c[nH]c(-c3ccc(OCc4ccccc4)cc3)n2)cc(OC)c1OC. The van der Waals surface area contributed by atoms with Gasteiger partial charge in [-0.2, -0.15) is 0 Å². The average Bonchev–Trinajstić information content (AvgIpc) is 3.37. The van der Waals surface area contributed by atoms with Crippen LogP contribution in [-0.4, -0.2) is 37.1 Å². The second kappa shape index (κ2) is 9.91. The molecule has 0 bridgehead atoms. The Morgan fingerprint density at radius 2 is 1.55 bits per heavy atom. The number of methoxy groups -OCH3 is 3. The van der Waals surface area contributed by atoms with E-state index in [4.69, 9.17) is 18.9 Å². The number of H-pyrrole nitrogens is 1. The smallest absolute Gasteiger partial charge is 0.213 e. The molecule has 0 aliphatic rings. The number of carbonyl (C=O) groups is 1. The van der Waals surface area contributed by atoms with Gasteiger partial charge in [-0.1, -0.05) is 30.3 Å². The lowest BCUT2D eigenvalue weighted by atomic mass is 10.1. The molecule has 4 aromatic rings. The van der Waals surface area contributed by atoms with Crippen LogP contribution in [0.5, 0.6) is 23.0 Å². The molecule has 0 atom stereocenters. The van der Waals surface area contributed by atoms with Crippen LogP contribution in [0.3, 0.4) is 0 Å². The molecule has 0 saturated heterocycles. The van der Waals surface area contributed by atoms with E-state index in [0.717, 1.165) is 16.9 Å². The maximum atomic E-state index is 13.0. The minimum absolute atomic E-state index is 0.264. The van der Waals surface area contributed by atoms with E-state index in [-0.39, 0.29) is 11.5 Å². The molecule has 7 heteroatoms. The van der Waals surface area contributed by atoms with Crippen LogP contribution in [0, 0.1) is 0 Å². The summed E-state index contributed by atoms with van der Waals surface area (Å²) in [5.74, 6) is 2.31. The van der Waals surface area contributed by atoms with E-state index in [1.807, 2.05) is 54.6 Å². The number of rotatable bonds is 9. The van der Waals surface area contributed by atoms with Gasteiger partial charge in [-0.25, -0.2) is 4.98 Å². The Labute approximate surface area is 191 Å². The maximum Gasteiger partial charge on any atom is 0.213 e. The molecule has 0 amide bonds. The van der Waals surface area contributed by atoms with Crippen LogP contribution in [0.15, 0.2) is 72.9 Å². The highest BCUT2D eigenvalue weighted by Crippen LogP contribution is 2.38. The van der Waals surface area contributed by atoms with Crippen molar-refractivity contribution in [3.05, 3.63) is 89.7 Å². The van der Waals surface area contributed by atoms with Gasteiger partial charge in [-0.3, -0.25) is 4.79 Å². The van der Waals surface area contributed by atoms with Crippen LogP contribution in [0.4, 0.5) is 0 Å². The Morgan fingerprint density at radius 3 is 2.15 bits per heavy atom. The van der Waals surface area contributed by atoms with Crippen molar-refractivity contribution in [1.29, 1.82) is 0 Å². The monoisotopic (exact) mass is 444 g/mol. The van der Waals surface area contributed by atoms with Gasteiger partial charge in [0.2, 0.25) is 11.5 Å². The van der Waals surface area contributed by atoms with Crippen molar-refractivity contribution in [2.75, 3.05) is 21.3 Å². The molecule has 1 aromatic heterocycles. The molecule has 33 heavy (non-hydrogen) atoms. The van der Waals surface area contributed by atoms with Crippen molar-refractivity contribution in [3.63, 3.8) is 0 Å². The summed E-state index contributed by atoms with van der Waals surface area (Å²) < 4.78 is 21.8. The van der Waals surface area contributed by atoms with Gasteiger partial charge in [-0.15, -0.1) is 0 Å². The molecule has 0 radical (unpaired) electrons. The van der Waals surface area contributed by atoms with E-state index < -0.39 is 0 Å². The minimum Gasteiger partial charge on any atom is -0.493 e. The Hall–Kier alpha value is -4.26. The summed E-state index contributed by atoms with van der Waals surface area (Å²) >= 11 is 0. The molecule has 168 valence electrons. The number of nitrogens with zero attached hydrogens (tertiary/aromatic N) is 1. The van der Waals surface area contributed by atoms with E-state index in [9.17, 15) is 4.79 Å². The Bertz CT molecular complexity index is 1210. The third-order valence-electron chi connectivity index (χ3n) is 5.11. The van der Waals surface area contributed by atoms with E-state index >= 15 is 0 Å². The van der Waals surface area contributed by atoms with Crippen molar-refractivity contribution in [3.8, 4) is 34.4 Å². The number of ketones is 1. The van der Waals surface area contributed by atoms with Crippen LogP contribution in [-0.2, 0) is 6.61 Å². The molecule has 0 fully saturated rings. The molecule has 4 rings (SSSR count). The van der Waals surface area contributed by atoms with Crippen LogP contribution in [0.1, 0.15) is 21.6 Å². The Kier molecular flexibility index (Phi) is 6.59. The Balaban J connectivity index is 1.50. The molecule has 1 N–H and O–H groups in total. The fourth-order valence-electron chi connectivity index (χ4n) is 3.40. The summed E-state index contributed by atoms with van der Waals surface area (Å²) in [5, 5.41) is 0. The van der Waals surface area contributed by atoms with Gasteiger partial charge in [0.1, 0.15) is 23.9 Å². The predicted molar refractivity (Wildman–Crippen MR) is 124 cm³/mol. The number of hydrogen-bond donors (Lipinski definition) is 1. The second-order valence-electron chi connectivity index (χ2n) is 7.18. The molecule has 0 saturated carbocycles. The first-order valence-corrected chi connectivity index (χ1v) is 10.3. The van der Waals surface area contributed by atoms with E-state index in [2.05, 4.69) is 9.97 Å². The number of hydrogen-bond acceptors (Lipinski definition) is 6. The summed E-state index contributed by atoms with van der Waals surface area (Å²) in [7, 11) is 4.52. The second-order valence-corrected chi connectivity index (χ2v) is 7.18. The van der Waals surface area contributed by atoms with Crippen LogP contribution < -0.4 is 18.9 Å². The van der Waals surface area contributed by atoms with Crippen molar-refractivity contribution < 1.29 is 23.7 Å². The first-order valence-electron chi connectivity index (χ1n) is 10.3. The van der Waals surface area contributed by atoms with Gasteiger partial charge in [-0.05, 0) is 42.0 Å². The zero-order valence-corrected chi connectivity index (χ0v) is 18.6. The molecular weight excluding hydrogens is 420 g/mol. The molecule has 0 aliphatic heterocycles. The minimum atomic E-state index is -0.264. The largest absolute Gasteiger partial charge is 0.493 e. The standard InChI is InChI=1S/C26H24N2O5/c1-30-22-13-19(14-23(31-2)25(22)32-3)24(29)21-15-27-26(28-21)18-9-11-20(12-10-18)33-16-17-7-5-4-6-8-17/h4-15H,16H2,1-3H3,(H,27,28). The molecule has 0 aliphatic carbocycles. The topological polar surface area (TPSA) is 82.7 Å². The zero-order valence-electron chi connectivity index (χ0n) is 18.6. The van der Waals surface area contributed by atoms with Gasteiger partial charge in [0, 0.05) is 17.3 Å². The lowest BCUT2D eigenvalue weighted by Crippen LogP contribution is -2.04. The van der Waals surface area contributed by atoms with Gasteiger partial charge in [0.15, 0.2) is 11.5 Å². The van der Waals surface area contributed by atoms with E-state index in [0.29, 0.717) is 35.2 Å². The lowest BCUT2D eigenvalue weighted by Gasteiger charge is -2.13. The molecule has 1 heterocycles. The summed E-state index contributed by atoms with van der Waals surface area (Å²) in [6.07, 6.45) is 1.58. The average molecular weight is 444 g/mol. The summed E-state index contributed by atoms with van der Waals surface area (Å²) in [6, 6.07) is 20.7. The summed E-state index contributed by atoms with van der Waals surface area (Å²) in [5.41, 5.74) is 2.60. The first-order chi connectivity index (χ1) is 16.1. The summed E-state index contributed by atoms with van der Waals surface area (Å²) in [4.78, 5) is 20.6. The Morgan fingerprint density at radius 1 is 0.879 bits per heavy atom. The van der Waals surface area contributed by atoms with Gasteiger partial charge in [0.25, 0.3) is 0 Å². The van der Waals surface area contributed by atoms with E-state index in [1.165, 1.54) is 21.3 Å². The maximum absolute atomic E-state index is 13.0. The molecular formula is C26H24N2O5. The zero-order chi connectivity index (χ0) is 23.2. The van der Waals surface area contributed by atoms with Crippen LogP contribution >= 0.6 is 0 Å². The van der Waals surface area contributed by atoms with E-state index in [1.54, 1.807) is 18.3 Å². The fraction of sp³-hybridized carbons (Fsp3) is 0.154. The highest BCUT2D eigenvalue weighted by atomic mass is 16.5. The van der Waals surface area contributed by atoms with Crippen molar-refractivity contribution in [2.45, 2.75) is 6.61 Å². The normalized spacial score (nSPS) is 10.5. The number of aromatic amines is 1. The fourth-order valence-corrected chi connectivity index (χ4v) is 3.40. The van der Waals surface area contributed by atoms with Gasteiger partial charge in [0.05, 0.1) is 21.3 Å². The molecule has 0 unspecified atom stereocenters. The van der Waals surface area contributed by atoms with Crippen molar-refractivity contribution in [1.82, 2.24) is 9.97 Å². The van der Waals surface area contributed by atoms with Gasteiger partial charge >= 0.3 is 0 Å². The first kappa shape index (κ1) is 22.0. The number of nitrogens with one attached hydrogen (secondary N) is 1. The number of ether oxygens (including phenoxy) is 4. The predicted octanol–water partition coefficient (Wildman–Crippen LogP) is 4.91. The lowest BCUT2D eigenvalue weighted by molar-refractivity contribution is 0.103. The quantitative estimate of drug-likeness (QED) is 0.369. The molecule has 0 spiro atoms. The third-order valence-corrected chi connectivity index (χ3v) is 5.11. The summed E-state index contributed by atoms with van der Waals surface area (Å²) in [6.45, 7) is 0.494. The number of benzene rings is 3. The van der Waals surface area contributed by atoms with Crippen LogP contribution in [0.2, 0.25) is 0 Å². The number of aromatic nitrogens is 2. The van der Waals surface area contributed by atoms with Crippen molar-refractivity contribution in [2.24, 2.45) is 0 Å².